The van der Waals surface area contributed by atoms with Crippen LogP contribution in [0.1, 0.15) is 33.0 Å². The summed E-state index contributed by atoms with van der Waals surface area (Å²) in [4.78, 5) is 40.9. The summed E-state index contributed by atoms with van der Waals surface area (Å²) >= 11 is 0. The van der Waals surface area contributed by atoms with E-state index in [2.05, 4.69) is 5.32 Å². The number of aldehydes is 1. The highest BCUT2D eigenvalue weighted by Gasteiger charge is 2.51. The monoisotopic (exact) mass is 600 g/mol. The molecule has 0 saturated carbocycles. The van der Waals surface area contributed by atoms with E-state index in [1.54, 1.807) is 24.2 Å². The third-order valence-electron chi connectivity index (χ3n) is 8.10. The second kappa shape index (κ2) is 13.7. The van der Waals surface area contributed by atoms with Gasteiger partial charge in [-0.05, 0) is 41.8 Å². The van der Waals surface area contributed by atoms with Crippen LogP contribution in [-0.2, 0) is 22.4 Å². The van der Waals surface area contributed by atoms with Gasteiger partial charge in [0.05, 0.1) is 39.2 Å². The number of amides is 2. The lowest BCUT2D eigenvalue weighted by molar-refractivity contribution is -0.136. The first-order chi connectivity index (χ1) is 21.4. The first-order valence-electron chi connectivity index (χ1n) is 14.5. The number of ether oxygens (including phenoxy) is 3. The first kappa shape index (κ1) is 30.8. The number of nitrogens with zero attached hydrogens (tertiary/aromatic N) is 1. The van der Waals surface area contributed by atoms with Gasteiger partial charge in [0.25, 0.3) is 0 Å². The van der Waals surface area contributed by atoms with Crippen molar-refractivity contribution in [3.63, 3.8) is 0 Å². The average Bonchev–Trinajstić information content (AvgIpc) is 3.44. The van der Waals surface area contributed by atoms with Crippen molar-refractivity contribution in [1.29, 1.82) is 0 Å². The Morgan fingerprint density at radius 2 is 1.75 bits per heavy atom. The smallest absolute Gasteiger partial charge is 0.247 e. The minimum absolute atomic E-state index is 0.0106. The number of rotatable bonds is 12. The molecule has 2 amide bonds. The van der Waals surface area contributed by atoms with Crippen molar-refractivity contribution in [3.05, 3.63) is 101 Å². The zero-order valence-corrected chi connectivity index (χ0v) is 24.6. The lowest BCUT2D eigenvalue weighted by Crippen LogP contribution is -2.56. The standard InChI is InChI=1S/C34H36N2O8/c1-42-27-11-7-6-10-23(27)12-14-36(29(39)18-21-8-4-3-5-9-21)26-19-25(34(41)35-13-15-37)30-24-16-22(20-38)17-28(43-2)32(24)44-33(30)31(26)40/h3-11,16-17,19-20,26,30-31,33,37,40H,12-15,18H2,1-2H3,(H,35,41)/t26-,30+,31+,33+/m1/s1. The van der Waals surface area contributed by atoms with Crippen LogP contribution in [0.15, 0.2) is 78.4 Å². The number of aliphatic hydroxyl groups excluding tert-OH is 2. The van der Waals surface area contributed by atoms with Crippen LogP contribution in [-0.4, -0.2) is 85.4 Å². The van der Waals surface area contributed by atoms with Crippen molar-refractivity contribution in [3.8, 4) is 17.2 Å². The van der Waals surface area contributed by atoms with E-state index >= 15 is 0 Å². The van der Waals surface area contributed by atoms with Gasteiger partial charge < -0.3 is 34.6 Å². The molecule has 0 aromatic heterocycles. The summed E-state index contributed by atoms with van der Waals surface area (Å²) in [6, 6.07) is 19.1. The molecular weight excluding hydrogens is 564 g/mol. The van der Waals surface area contributed by atoms with E-state index in [4.69, 9.17) is 14.2 Å². The molecule has 230 valence electrons. The number of hydrogen-bond acceptors (Lipinski definition) is 8. The average molecular weight is 601 g/mol. The van der Waals surface area contributed by atoms with Gasteiger partial charge >= 0.3 is 0 Å². The van der Waals surface area contributed by atoms with Gasteiger partial charge in [-0.25, -0.2) is 0 Å². The quantitative estimate of drug-likeness (QED) is 0.270. The molecule has 0 saturated heterocycles. The highest BCUT2D eigenvalue weighted by Crippen LogP contribution is 2.51. The van der Waals surface area contributed by atoms with Crippen molar-refractivity contribution in [2.45, 2.75) is 37.0 Å². The Balaban J connectivity index is 1.57. The van der Waals surface area contributed by atoms with Gasteiger partial charge in [0.2, 0.25) is 11.8 Å². The molecule has 5 rings (SSSR count). The molecule has 1 heterocycles. The molecule has 1 aliphatic carbocycles. The van der Waals surface area contributed by atoms with Gasteiger partial charge in [-0.1, -0.05) is 48.5 Å². The van der Waals surface area contributed by atoms with Crippen LogP contribution in [0.4, 0.5) is 0 Å². The Kier molecular flexibility index (Phi) is 9.62. The maximum atomic E-state index is 14.0. The molecule has 0 radical (unpaired) electrons. The number of hydrogen-bond donors (Lipinski definition) is 3. The fourth-order valence-corrected chi connectivity index (χ4v) is 6.02. The second-order valence-corrected chi connectivity index (χ2v) is 10.7. The molecule has 10 nitrogen and oxygen atoms in total. The lowest BCUT2D eigenvalue weighted by Gasteiger charge is -2.41. The molecule has 2 aliphatic rings. The summed E-state index contributed by atoms with van der Waals surface area (Å²) in [6.07, 6.45) is 0.616. The van der Waals surface area contributed by atoms with Gasteiger partial charge in [-0.3, -0.25) is 14.4 Å². The van der Waals surface area contributed by atoms with Crippen molar-refractivity contribution in [2.24, 2.45) is 0 Å². The van der Waals surface area contributed by atoms with E-state index in [-0.39, 0.29) is 37.6 Å². The topological polar surface area (TPSA) is 135 Å². The number of nitrogens with one attached hydrogen (secondary N) is 1. The third-order valence-corrected chi connectivity index (χ3v) is 8.10. The molecule has 0 unspecified atom stereocenters. The molecule has 0 spiro atoms. The van der Waals surface area contributed by atoms with Gasteiger partial charge in [-0.15, -0.1) is 0 Å². The first-order valence-corrected chi connectivity index (χ1v) is 14.5. The Labute approximate surface area is 255 Å². The van der Waals surface area contributed by atoms with Crippen molar-refractivity contribution < 1.29 is 38.8 Å². The van der Waals surface area contributed by atoms with Gasteiger partial charge in [0.15, 0.2) is 11.5 Å². The normalized spacial score (nSPS) is 20.0. The molecule has 10 heteroatoms. The van der Waals surface area contributed by atoms with E-state index in [1.165, 1.54) is 13.2 Å². The number of carbonyl (C=O) groups is 3. The Hall–Kier alpha value is -4.67. The molecule has 4 atom stereocenters. The minimum Gasteiger partial charge on any atom is -0.496 e. The van der Waals surface area contributed by atoms with Crippen molar-refractivity contribution in [2.75, 3.05) is 33.9 Å². The van der Waals surface area contributed by atoms with Crippen LogP contribution >= 0.6 is 0 Å². The Morgan fingerprint density at radius 1 is 1.02 bits per heavy atom. The third kappa shape index (κ3) is 6.17. The number of carbonyl (C=O) groups excluding carboxylic acids is 3. The van der Waals surface area contributed by atoms with Crippen molar-refractivity contribution >= 4 is 18.1 Å². The van der Waals surface area contributed by atoms with E-state index < -0.39 is 30.1 Å². The molecule has 44 heavy (non-hydrogen) atoms. The number of fused-ring (bicyclic) bond motifs is 3. The predicted octanol–water partition coefficient (Wildman–Crippen LogP) is 2.45. The highest BCUT2D eigenvalue weighted by molar-refractivity contribution is 5.96. The van der Waals surface area contributed by atoms with E-state index in [0.29, 0.717) is 41.1 Å². The largest absolute Gasteiger partial charge is 0.496 e. The number of methoxy groups -OCH3 is 2. The van der Waals surface area contributed by atoms with Crippen LogP contribution < -0.4 is 19.5 Å². The van der Waals surface area contributed by atoms with Gasteiger partial charge in [-0.2, -0.15) is 0 Å². The maximum absolute atomic E-state index is 14.0. The Morgan fingerprint density at radius 3 is 2.45 bits per heavy atom. The summed E-state index contributed by atoms with van der Waals surface area (Å²) < 4.78 is 17.3. The van der Waals surface area contributed by atoms with Crippen LogP contribution in [0.25, 0.3) is 0 Å². The maximum Gasteiger partial charge on any atom is 0.247 e. The summed E-state index contributed by atoms with van der Waals surface area (Å²) in [7, 11) is 3.03. The van der Waals surface area contributed by atoms with Crippen LogP contribution in [0.5, 0.6) is 17.2 Å². The minimum atomic E-state index is -1.23. The number of benzene rings is 3. The molecule has 3 aromatic carbocycles. The summed E-state index contributed by atoms with van der Waals surface area (Å²) in [6.45, 7) is -0.0363. The van der Waals surface area contributed by atoms with Crippen molar-refractivity contribution in [1.82, 2.24) is 10.2 Å². The predicted molar refractivity (Wildman–Crippen MR) is 162 cm³/mol. The number of para-hydroxylation sites is 1. The molecule has 0 fully saturated rings. The fraction of sp³-hybridized carbons (Fsp3) is 0.324. The molecule has 1 aliphatic heterocycles. The summed E-state index contributed by atoms with van der Waals surface area (Å²) in [5, 5.41) is 24.0. The Bertz CT molecular complexity index is 1540. The summed E-state index contributed by atoms with van der Waals surface area (Å²) in [5.74, 6) is -0.159. The van der Waals surface area contributed by atoms with Crippen LogP contribution in [0.3, 0.4) is 0 Å². The van der Waals surface area contributed by atoms with E-state index in [0.717, 1.165) is 11.1 Å². The zero-order chi connectivity index (χ0) is 31.2. The number of aliphatic hydroxyl groups is 2. The van der Waals surface area contributed by atoms with Crippen LogP contribution in [0.2, 0.25) is 0 Å². The fourth-order valence-electron chi connectivity index (χ4n) is 6.02. The van der Waals surface area contributed by atoms with E-state index in [9.17, 15) is 24.6 Å². The SMILES string of the molecule is COc1ccccc1CCN(C(=O)Cc1ccccc1)[C@@H]1C=C(C(=O)NCCO)[C@@H]2c3cc(C=O)cc(OC)c3O[C@@H]2[C@H]1O. The summed E-state index contributed by atoms with van der Waals surface area (Å²) in [5.41, 5.74) is 2.81. The van der Waals surface area contributed by atoms with Crippen LogP contribution in [0, 0.1) is 0 Å². The highest BCUT2D eigenvalue weighted by atomic mass is 16.5. The zero-order valence-electron chi connectivity index (χ0n) is 24.6. The molecular formula is C34H36N2O8. The van der Waals surface area contributed by atoms with Gasteiger partial charge in [0, 0.05) is 29.8 Å². The second-order valence-electron chi connectivity index (χ2n) is 10.7. The molecule has 3 aromatic rings. The van der Waals surface area contributed by atoms with Gasteiger partial charge in [0.1, 0.15) is 24.2 Å². The lowest BCUT2D eigenvalue weighted by atomic mass is 9.77. The molecule has 0 bridgehead atoms. The molecule has 3 N–H and O–H groups in total. The van der Waals surface area contributed by atoms with E-state index in [1.807, 2.05) is 54.6 Å².